The Morgan fingerprint density at radius 2 is 1.50 bits per heavy atom. The summed E-state index contributed by atoms with van der Waals surface area (Å²) in [5.74, 6) is -3.89. The number of hydrogen-bond donors (Lipinski definition) is 0. The number of imide groups is 1. The van der Waals surface area contributed by atoms with Gasteiger partial charge in [0.2, 0.25) is 0 Å². The van der Waals surface area contributed by atoms with Crippen molar-refractivity contribution in [1.29, 1.82) is 0 Å². The van der Waals surface area contributed by atoms with Crippen LogP contribution < -0.4 is 0 Å². The minimum absolute atomic E-state index is 0.283. The van der Waals surface area contributed by atoms with Gasteiger partial charge in [-0.25, -0.2) is 5.01 Å². The molecule has 1 heterocycles. The van der Waals surface area contributed by atoms with Crippen LogP contribution in [0.4, 0.5) is 5.69 Å². The zero-order valence-corrected chi connectivity index (χ0v) is 16.9. The molecular formula is C23H19N3O6. The molecule has 0 aromatic heterocycles. The summed E-state index contributed by atoms with van der Waals surface area (Å²) < 4.78 is 0. The Morgan fingerprint density at radius 3 is 2.09 bits per heavy atom. The van der Waals surface area contributed by atoms with Gasteiger partial charge >= 0.3 is 0 Å². The highest BCUT2D eigenvalue weighted by atomic mass is 16.6. The predicted molar refractivity (Wildman–Crippen MR) is 112 cm³/mol. The van der Waals surface area contributed by atoms with Crippen molar-refractivity contribution in [3.8, 4) is 0 Å². The minimum atomic E-state index is -0.963. The molecule has 0 radical (unpaired) electrons. The number of nitrogens with zero attached hydrogens (tertiary/aromatic N) is 3. The molecule has 0 saturated carbocycles. The van der Waals surface area contributed by atoms with E-state index in [2.05, 4.69) is 0 Å². The van der Waals surface area contributed by atoms with Crippen molar-refractivity contribution in [2.45, 2.75) is 12.8 Å². The van der Waals surface area contributed by atoms with Crippen LogP contribution in [0.3, 0.4) is 0 Å². The highest BCUT2D eigenvalue weighted by Crippen LogP contribution is 2.36. The smallest absolute Gasteiger partial charge is 0.282 e. The van der Waals surface area contributed by atoms with Crippen LogP contribution in [0.1, 0.15) is 33.6 Å². The molecule has 32 heavy (non-hydrogen) atoms. The van der Waals surface area contributed by atoms with E-state index >= 15 is 0 Å². The van der Waals surface area contributed by atoms with Gasteiger partial charge in [-0.15, -0.1) is 0 Å². The molecule has 1 aliphatic carbocycles. The van der Waals surface area contributed by atoms with E-state index in [0.29, 0.717) is 17.9 Å². The number of rotatable bonds is 6. The zero-order chi connectivity index (χ0) is 22.8. The topological polar surface area (TPSA) is 118 Å². The number of carbonyl (C=O) groups excluding carboxylic acids is 4. The molecule has 2 atom stereocenters. The lowest BCUT2D eigenvalue weighted by Gasteiger charge is -2.30. The SMILES string of the molecule is O=C(CN(C(=O)c1ccccc1[N+](=O)[O-])N1C(=O)[C@H]2CC=CC[C@H]2C1=O)c1ccccc1. The molecule has 1 fully saturated rings. The van der Waals surface area contributed by atoms with Crippen molar-refractivity contribution >= 4 is 29.2 Å². The first-order valence-corrected chi connectivity index (χ1v) is 10.1. The first kappa shape index (κ1) is 21.1. The van der Waals surface area contributed by atoms with Gasteiger partial charge in [-0.3, -0.25) is 29.3 Å². The van der Waals surface area contributed by atoms with Gasteiger partial charge in [0.1, 0.15) is 12.1 Å². The zero-order valence-electron chi connectivity index (χ0n) is 16.9. The van der Waals surface area contributed by atoms with Gasteiger partial charge in [0.25, 0.3) is 23.4 Å². The number of ketones is 1. The molecule has 4 rings (SSSR count). The number of allylic oxidation sites excluding steroid dienone is 2. The lowest BCUT2D eigenvalue weighted by atomic mass is 9.85. The fraction of sp³-hybridized carbons (Fsp3) is 0.217. The predicted octanol–water partition coefficient (Wildman–Crippen LogP) is 2.79. The van der Waals surface area contributed by atoms with Gasteiger partial charge in [-0.2, -0.15) is 5.01 Å². The summed E-state index contributed by atoms with van der Waals surface area (Å²) in [5, 5.41) is 12.9. The minimum Gasteiger partial charge on any atom is -0.292 e. The van der Waals surface area contributed by atoms with Crippen molar-refractivity contribution in [3.05, 3.63) is 88.0 Å². The summed E-state index contributed by atoms with van der Waals surface area (Å²) in [6.07, 6.45) is 4.32. The lowest BCUT2D eigenvalue weighted by Crippen LogP contribution is -2.52. The molecule has 0 spiro atoms. The van der Waals surface area contributed by atoms with Gasteiger partial charge in [0, 0.05) is 11.6 Å². The van der Waals surface area contributed by atoms with Crippen molar-refractivity contribution in [1.82, 2.24) is 10.0 Å². The number of Topliss-reactive ketones (excluding diaryl/α,β-unsaturated/α-hetero) is 1. The van der Waals surface area contributed by atoms with Gasteiger partial charge in [-0.05, 0) is 18.9 Å². The van der Waals surface area contributed by atoms with Crippen molar-refractivity contribution in [3.63, 3.8) is 0 Å². The van der Waals surface area contributed by atoms with E-state index in [1.165, 1.54) is 18.2 Å². The third-order valence-electron chi connectivity index (χ3n) is 5.68. The van der Waals surface area contributed by atoms with Gasteiger partial charge in [0.15, 0.2) is 5.78 Å². The van der Waals surface area contributed by atoms with Crippen LogP contribution in [-0.2, 0) is 9.59 Å². The van der Waals surface area contributed by atoms with Crippen LogP contribution in [0.5, 0.6) is 0 Å². The second-order valence-corrected chi connectivity index (χ2v) is 7.57. The number of nitro benzene ring substituents is 1. The number of benzene rings is 2. The average Bonchev–Trinajstić information content (AvgIpc) is 3.07. The number of hydrogen-bond acceptors (Lipinski definition) is 6. The summed E-state index contributed by atoms with van der Waals surface area (Å²) in [7, 11) is 0. The number of carbonyl (C=O) groups is 4. The molecule has 9 heteroatoms. The number of fused-ring (bicyclic) bond motifs is 1. The molecule has 3 amide bonds. The van der Waals surface area contributed by atoms with E-state index in [4.69, 9.17) is 0 Å². The molecule has 9 nitrogen and oxygen atoms in total. The van der Waals surface area contributed by atoms with Crippen molar-refractivity contribution in [2.75, 3.05) is 6.54 Å². The van der Waals surface area contributed by atoms with Crippen LogP contribution in [0, 0.1) is 22.0 Å². The highest BCUT2D eigenvalue weighted by Gasteiger charge is 2.51. The van der Waals surface area contributed by atoms with Crippen LogP contribution in [0.2, 0.25) is 0 Å². The van der Waals surface area contributed by atoms with Crippen LogP contribution >= 0.6 is 0 Å². The Morgan fingerprint density at radius 1 is 0.938 bits per heavy atom. The summed E-state index contributed by atoms with van der Waals surface area (Å²) in [6.45, 7) is -0.612. The molecule has 2 aromatic carbocycles. The molecule has 162 valence electrons. The van der Waals surface area contributed by atoms with E-state index in [-0.39, 0.29) is 11.1 Å². The third kappa shape index (κ3) is 3.68. The first-order chi connectivity index (χ1) is 15.4. The first-order valence-electron chi connectivity index (χ1n) is 10.1. The Balaban J connectivity index is 1.75. The third-order valence-corrected chi connectivity index (χ3v) is 5.68. The summed E-state index contributed by atoms with van der Waals surface area (Å²) in [4.78, 5) is 63.3. The van der Waals surface area contributed by atoms with E-state index < -0.39 is 52.5 Å². The Labute approximate surface area is 183 Å². The molecular weight excluding hydrogens is 414 g/mol. The monoisotopic (exact) mass is 433 g/mol. The van der Waals surface area contributed by atoms with Crippen molar-refractivity contribution < 1.29 is 24.1 Å². The summed E-state index contributed by atoms with van der Waals surface area (Å²) >= 11 is 0. The Bertz CT molecular complexity index is 1120. The van der Waals surface area contributed by atoms with E-state index in [0.717, 1.165) is 11.1 Å². The van der Waals surface area contributed by atoms with Crippen LogP contribution in [0.15, 0.2) is 66.7 Å². The number of para-hydroxylation sites is 1. The molecule has 2 aromatic rings. The standard InChI is InChI=1S/C23H19N3O6/c27-20(15-8-2-1-3-9-15)14-24(21(28)18-12-6-7-13-19(18)26(31)32)25-22(29)16-10-4-5-11-17(16)23(25)30/h1-9,12-13,16-17H,10-11,14H2/t16-,17+. The fourth-order valence-corrected chi connectivity index (χ4v) is 4.06. The van der Waals surface area contributed by atoms with E-state index in [1.54, 1.807) is 42.5 Å². The number of hydrazine groups is 1. The van der Waals surface area contributed by atoms with Crippen LogP contribution in [-0.4, -0.2) is 45.0 Å². The van der Waals surface area contributed by atoms with E-state index in [9.17, 15) is 29.3 Å². The maximum absolute atomic E-state index is 13.4. The largest absolute Gasteiger partial charge is 0.292 e. The summed E-state index contributed by atoms with van der Waals surface area (Å²) in [6, 6.07) is 13.3. The molecule has 0 unspecified atom stereocenters. The molecule has 0 N–H and O–H groups in total. The maximum Gasteiger partial charge on any atom is 0.282 e. The molecule has 2 aliphatic rings. The lowest BCUT2D eigenvalue weighted by molar-refractivity contribution is -0.385. The van der Waals surface area contributed by atoms with E-state index in [1.807, 2.05) is 0 Å². The highest BCUT2D eigenvalue weighted by molar-refractivity contribution is 6.10. The van der Waals surface area contributed by atoms with Gasteiger partial charge in [0.05, 0.1) is 16.8 Å². The van der Waals surface area contributed by atoms with Crippen molar-refractivity contribution in [2.24, 2.45) is 11.8 Å². The molecule has 1 saturated heterocycles. The van der Waals surface area contributed by atoms with Gasteiger partial charge in [-0.1, -0.05) is 54.6 Å². The average molecular weight is 433 g/mol. The molecule has 1 aliphatic heterocycles. The van der Waals surface area contributed by atoms with Gasteiger partial charge < -0.3 is 0 Å². The second kappa shape index (κ2) is 8.54. The fourth-order valence-electron chi connectivity index (χ4n) is 4.06. The summed E-state index contributed by atoms with van der Waals surface area (Å²) in [5.41, 5.74) is -0.508. The normalized spacial score (nSPS) is 19.6. The Kier molecular flexibility index (Phi) is 5.63. The van der Waals surface area contributed by atoms with Crippen LogP contribution in [0.25, 0.3) is 0 Å². The number of nitro groups is 1. The quantitative estimate of drug-likeness (QED) is 0.227. The maximum atomic E-state index is 13.4. The molecule has 0 bridgehead atoms. The second-order valence-electron chi connectivity index (χ2n) is 7.57. The Hall–Kier alpha value is -4.14. The number of amides is 3.